The van der Waals surface area contributed by atoms with E-state index in [2.05, 4.69) is 21.6 Å². The van der Waals surface area contributed by atoms with Gasteiger partial charge in [0.05, 0.1) is 29.9 Å². The van der Waals surface area contributed by atoms with Crippen LogP contribution in [-0.4, -0.2) is 56.2 Å². The van der Waals surface area contributed by atoms with Crippen LogP contribution in [0.15, 0.2) is 54.1 Å². The topological polar surface area (TPSA) is 168 Å². The first-order chi connectivity index (χ1) is 16.2. The van der Waals surface area contributed by atoms with Gasteiger partial charge in [0.15, 0.2) is 0 Å². The van der Waals surface area contributed by atoms with Crippen molar-refractivity contribution in [3.63, 3.8) is 0 Å². The van der Waals surface area contributed by atoms with E-state index in [1.807, 2.05) is 0 Å². The van der Waals surface area contributed by atoms with Crippen LogP contribution < -0.4 is 21.0 Å². The molecule has 1 fully saturated rings. The maximum absolute atomic E-state index is 13.6. The molecule has 0 aliphatic carbocycles. The predicted molar refractivity (Wildman–Crippen MR) is 126 cm³/mol. The van der Waals surface area contributed by atoms with E-state index >= 15 is 0 Å². The molecule has 0 bridgehead atoms. The number of nitrogens with zero attached hydrogens (tertiary/aromatic N) is 3. The fraction of sp³-hybridized carbons (Fsp3) is 0.400. The summed E-state index contributed by atoms with van der Waals surface area (Å²) in [5.74, 6) is -0.600. The van der Waals surface area contributed by atoms with E-state index in [4.69, 9.17) is 19.5 Å². The van der Waals surface area contributed by atoms with Crippen molar-refractivity contribution in [3.8, 4) is 5.75 Å². The lowest BCUT2D eigenvalue weighted by Gasteiger charge is -2.24. The number of carbonyl (C=O) groups is 1. The van der Waals surface area contributed by atoms with E-state index in [0.717, 1.165) is 0 Å². The van der Waals surface area contributed by atoms with Gasteiger partial charge in [0.1, 0.15) is 18.1 Å². The molecule has 1 saturated heterocycles. The first-order valence-corrected chi connectivity index (χ1v) is 12.8. The number of aliphatic hydroxyl groups excluding tert-OH is 1. The number of esters is 1. The van der Waals surface area contributed by atoms with E-state index in [1.165, 1.54) is 28.7 Å². The summed E-state index contributed by atoms with van der Waals surface area (Å²) in [5, 5.41) is 12.0. The highest BCUT2D eigenvalue weighted by Gasteiger charge is 2.39. The van der Waals surface area contributed by atoms with Crippen molar-refractivity contribution in [2.24, 2.45) is 0 Å². The molecule has 14 heteroatoms. The van der Waals surface area contributed by atoms with Crippen LogP contribution in [0.25, 0.3) is 0 Å². The number of aromatic nitrogens is 3. The minimum atomic E-state index is -4.13. The van der Waals surface area contributed by atoms with Gasteiger partial charge in [0.2, 0.25) is 5.95 Å². The predicted octanol–water partition coefficient (Wildman–Crippen LogP) is 1.50. The molecule has 4 N–H and O–H groups in total. The fourth-order valence-electron chi connectivity index (χ4n) is 3.07. The third-order valence-corrected chi connectivity index (χ3v) is 7.78. The van der Waals surface area contributed by atoms with E-state index in [-0.39, 0.29) is 31.3 Å². The Morgan fingerprint density at radius 3 is 2.85 bits per heavy atom. The highest BCUT2D eigenvalue weighted by Crippen LogP contribution is 2.48. The number of ether oxygens (including phenoxy) is 1. The van der Waals surface area contributed by atoms with Gasteiger partial charge in [-0.3, -0.25) is 9.09 Å². The molecule has 1 aromatic carbocycles. The fourth-order valence-corrected chi connectivity index (χ4v) is 6.09. The van der Waals surface area contributed by atoms with Crippen molar-refractivity contribution in [1.82, 2.24) is 19.6 Å². The molecule has 184 valence electrons. The van der Waals surface area contributed by atoms with Crippen molar-refractivity contribution in [2.75, 3.05) is 18.9 Å². The summed E-state index contributed by atoms with van der Waals surface area (Å²) >= 11 is 1.23. The number of hydrogen-bond donors (Lipinski definition) is 3. The number of hydrogen-bond acceptors (Lipinski definition) is 11. The Hall–Kier alpha value is -2.70. The van der Waals surface area contributed by atoms with Crippen molar-refractivity contribution in [1.29, 1.82) is 0 Å². The number of nitrogens with two attached hydrogens (primary N) is 1. The molecule has 12 nitrogen and oxygen atoms in total. The summed E-state index contributed by atoms with van der Waals surface area (Å²) < 4.78 is 31.0. The normalized spacial score (nSPS) is 22.5. The van der Waals surface area contributed by atoms with Gasteiger partial charge in [-0.2, -0.15) is 10.1 Å². The summed E-state index contributed by atoms with van der Waals surface area (Å²) in [5.41, 5.74) is 4.83. The minimum Gasteiger partial charge on any atom is -0.465 e. The second-order valence-electron chi connectivity index (χ2n) is 7.13. The molecule has 1 aliphatic rings. The highest BCUT2D eigenvalue weighted by atomic mass is 32.2. The number of nitrogen functional groups attached to an aromatic ring is 1. The largest absolute Gasteiger partial charge is 0.465 e. The maximum atomic E-state index is 13.6. The van der Waals surface area contributed by atoms with Crippen LogP contribution in [0.4, 0.5) is 5.95 Å². The van der Waals surface area contributed by atoms with Gasteiger partial charge in [-0.1, -0.05) is 24.3 Å². The second-order valence-corrected chi connectivity index (χ2v) is 10.2. The number of nitrogens with one attached hydrogen (secondary N) is 1. The molecule has 3 rings (SSSR count). The quantitative estimate of drug-likeness (QED) is 0.226. The van der Waals surface area contributed by atoms with Gasteiger partial charge in [-0.15, -0.1) is 18.3 Å². The minimum absolute atomic E-state index is 0.121. The standard InChI is InChI=1S/C20H26N5O7PS/c1-3-14(18(27)30-4-2)24-33(29,32-13-8-6-5-7-9-13)31-11-16-15(26)10-17(34-16)25-12-22-19(21)23-20(25)28/h3,5-9,12,14-17,26H,1,4,10-11H2,2H3,(H,24,29)(H2,21,23,28)/t14-,15+,16+,17+,33?/m0/s1. The number of carbonyl (C=O) groups excluding carboxylic acids is 1. The number of aliphatic hydroxyl groups is 1. The summed E-state index contributed by atoms with van der Waals surface area (Å²) in [4.78, 5) is 31.7. The van der Waals surface area contributed by atoms with Crippen LogP contribution in [0.5, 0.6) is 5.75 Å². The van der Waals surface area contributed by atoms with Crippen LogP contribution in [0.2, 0.25) is 0 Å². The van der Waals surface area contributed by atoms with E-state index < -0.39 is 42.2 Å². The SMILES string of the molecule is C=C[C@H](NP(=O)(OC[C@H]1S[C@@H](n2cnc(N)nc2=O)C[C@H]1O)Oc1ccccc1)C(=O)OCC. The van der Waals surface area contributed by atoms with E-state index in [1.54, 1.807) is 37.3 Å². The average molecular weight is 511 g/mol. The Balaban J connectivity index is 1.74. The van der Waals surface area contributed by atoms with E-state index in [0.29, 0.717) is 0 Å². The molecule has 0 radical (unpaired) electrons. The molecular weight excluding hydrogens is 485 g/mol. The molecule has 5 atom stereocenters. The van der Waals surface area contributed by atoms with Crippen LogP contribution in [-0.2, 0) is 18.6 Å². The molecule has 0 spiro atoms. The molecule has 0 saturated carbocycles. The Morgan fingerprint density at radius 1 is 1.47 bits per heavy atom. The Kier molecular flexibility index (Phi) is 8.86. The number of anilines is 1. The molecule has 1 aromatic heterocycles. The molecule has 2 aromatic rings. The van der Waals surface area contributed by atoms with Crippen LogP contribution in [0.3, 0.4) is 0 Å². The van der Waals surface area contributed by atoms with Gasteiger partial charge >= 0.3 is 19.4 Å². The Morgan fingerprint density at radius 2 is 2.21 bits per heavy atom. The lowest BCUT2D eigenvalue weighted by Crippen LogP contribution is -2.36. The smallest absolute Gasteiger partial charge is 0.459 e. The number of para-hydroxylation sites is 1. The van der Waals surface area contributed by atoms with Gasteiger partial charge in [-0.25, -0.2) is 19.1 Å². The van der Waals surface area contributed by atoms with Gasteiger partial charge < -0.3 is 20.1 Å². The highest BCUT2D eigenvalue weighted by molar-refractivity contribution is 8.00. The third kappa shape index (κ3) is 6.67. The summed E-state index contributed by atoms with van der Waals surface area (Å²) in [6.45, 7) is 5.12. The molecular formula is C20H26N5O7PS. The zero-order valence-electron chi connectivity index (χ0n) is 18.4. The van der Waals surface area contributed by atoms with Crippen LogP contribution >= 0.6 is 19.5 Å². The molecule has 1 unspecified atom stereocenters. The lowest BCUT2D eigenvalue weighted by atomic mass is 10.2. The second kappa shape index (κ2) is 11.6. The number of rotatable bonds is 11. The maximum Gasteiger partial charge on any atom is 0.459 e. The Labute approximate surface area is 200 Å². The third-order valence-electron chi connectivity index (χ3n) is 4.71. The van der Waals surface area contributed by atoms with Crippen LogP contribution in [0.1, 0.15) is 18.7 Å². The van der Waals surface area contributed by atoms with Crippen molar-refractivity contribution < 1.29 is 28.3 Å². The van der Waals surface area contributed by atoms with Crippen molar-refractivity contribution >= 4 is 31.4 Å². The van der Waals surface area contributed by atoms with Crippen molar-refractivity contribution in [3.05, 3.63) is 59.8 Å². The average Bonchev–Trinajstić information content (AvgIpc) is 3.17. The molecule has 0 amide bonds. The summed E-state index contributed by atoms with van der Waals surface area (Å²) in [6.07, 6.45) is 1.81. The van der Waals surface area contributed by atoms with Crippen molar-refractivity contribution in [2.45, 2.75) is 36.1 Å². The number of thioether (sulfide) groups is 1. The lowest BCUT2D eigenvalue weighted by molar-refractivity contribution is -0.143. The zero-order valence-corrected chi connectivity index (χ0v) is 20.1. The monoisotopic (exact) mass is 511 g/mol. The molecule has 2 heterocycles. The molecule has 34 heavy (non-hydrogen) atoms. The summed E-state index contributed by atoms with van der Waals surface area (Å²) in [7, 11) is -4.13. The summed E-state index contributed by atoms with van der Waals surface area (Å²) in [6, 6.07) is 7.12. The van der Waals surface area contributed by atoms with Gasteiger partial charge in [0, 0.05) is 6.42 Å². The zero-order chi connectivity index (χ0) is 24.7. The van der Waals surface area contributed by atoms with Gasteiger partial charge in [0.25, 0.3) is 0 Å². The van der Waals surface area contributed by atoms with E-state index in [9.17, 15) is 19.3 Å². The first-order valence-electron chi connectivity index (χ1n) is 10.3. The Bertz CT molecular complexity index is 1100. The molecule has 1 aliphatic heterocycles. The first kappa shape index (κ1) is 25.9. The number of benzene rings is 1. The van der Waals surface area contributed by atoms with Crippen LogP contribution in [0, 0.1) is 0 Å². The van der Waals surface area contributed by atoms with Gasteiger partial charge in [-0.05, 0) is 19.1 Å².